The van der Waals surface area contributed by atoms with E-state index in [1.165, 1.54) is 17.4 Å². The van der Waals surface area contributed by atoms with Crippen molar-refractivity contribution < 1.29 is 4.39 Å². The lowest BCUT2D eigenvalue weighted by Gasteiger charge is -2.01. The van der Waals surface area contributed by atoms with Gasteiger partial charge >= 0.3 is 0 Å². The summed E-state index contributed by atoms with van der Waals surface area (Å²) in [6, 6.07) is 8.28. The molecule has 18 heavy (non-hydrogen) atoms. The van der Waals surface area contributed by atoms with E-state index < -0.39 is 0 Å². The molecular formula is C13H6Cl2FNS. The average molecular weight is 298 g/mol. The quantitative estimate of drug-likeness (QED) is 0.547. The van der Waals surface area contributed by atoms with Crippen molar-refractivity contribution in [2.45, 2.75) is 0 Å². The van der Waals surface area contributed by atoms with Crippen molar-refractivity contribution >= 4 is 44.6 Å². The topological polar surface area (TPSA) is 12.9 Å². The standard InChI is InChI=1S/C13H6Cl2FNS/c14-7-4-11(17-12(15)5-7)9-6-18-13-8(9)2-1-3-10(13)16/h1-6H. The second kappa shape index (κ2) is 4.50. The summed E-state index contributed by atoms with van der Waals surface area (Å²) >= 11 is 13.2. The first kappa shape index (κ1) is 11.9. The van der Waals surface area contributed by atoms with Crippen LogP contribution < -0.4 is 0 Å². The molecule has 0 atom stereocenters. The van der Waals surface area contributed by atoms with Crippen LogP contribution in [0.5, 0.6) is 0 Å². The lowest BCUT2D eigenvalue weighted by Crippen LogP contribution is -1.83. The minimum Gasteiger partial charge on any atom is -0.236 e. The van der Waals surface area contributed by atoms with Crippen molar-refractivity contribution in [1.82, 2.24) is 4.98 Å². The summed E-state index contributed by atoms with van der Waals surface area (Å²) in [7, 11) is 0. The molecule has 0 aliphatic rings. The van der Waals surface area contributed by atoms with Crippen LogP contribution in [0.15, 0.2) is 35.7 Å². The lowest BCUT2D eigenvalue weighted by atomic mass is 10.1. The number of fused-ring (bicyclic) bond motifs is 1. The molecule has 0 saturated carbocycles. The molecule has 0 N–H and O–H groups in total. The number of aromatic nitrogens is 1. The van der Waals surface area contributed by atoms with Gasteiger partial charge in [-0.25, -0.2) is 9.37 Å². The Hall–Kier alpha value is -1.16. The molecule has 1 aromatic carbocycles. The molecule has 2 heterocycles. The van der Waals surface area contributed by atoms with Crippen LogP contribution in [0.25, 0.3) is 21.3 Å². The maximum Gasteiger partial charge on any atom is 0.141 e. The Morgan fingerprint density at radius 1 is 1.17 bits per heavy atom. The third-order valence-electron chi connectivity index (χ3n) is 2.59. The van der Waals surface area contributed by atoms with Gasteiger partial charge in [-0.05, 0) is 18.2 Å². The largest absolute Gasteiger partial charge is 0.236 e. The number of thiophene rings is 1. The average Bonchev–Trinajstić information content (AvgIpc) is 2.73. The van der Waals surface area contributed by atoms with Gasteiger partial charge in [0.05, 0.1) is 10.4 Å². The van der Waals surface area contributed by atoms with E-state index >= 15 is 0 Å². The normalized spacial score (nSPS) is 11.1. The number of hydrogen-bond donors (Lipinski definition) is 0. The second-order valence-corrected chi connectivity index (χ2v) is 5.46. The van der Waals surface area contributed by atoms with Crippen LogP contribution in [-0.4, -0.2) is 4.98 Å². The molecule has 1 nitrogen and oxygen atoms in total. The van der Waals surface area contributed by atoms with Gasteiger partial charge in [0.15, 0.2) is 0 Å². The zero-order valence-corrected chi connectivity index (χ0v) is 11.3. The van der Waals surface area contributed by atoms with E-state index in [-0.39, 0.29) is 5.82 Å². The highest BCUT2D eigenvalue weighted by Crippen LogP contribution is 2.35. The Bertz CT molecular complexity index is 719. The highest BCUT2D eigenvalue weighted by Gasteiger charge is 2.11. The first-order valence-electron chi connectivity index (χ1n) is 5.14. The fourth-order valence-electron chi connectivity index (χ4n) is 1.82. The molecular weight excluding hydrogens is 292 g/mol. The minimum absolute atomic E-state index is 0.225. The molecule has 0 fully saturated rings. The maximum atomic E-state index is 13.6. The Morgan fingerprint density at radius 2 is 2.00 bits per heavy atom. The van der Waals surface area contributed by atoms with Gasteiger partial charge in [-0.15, -0.1) is 11.3 Å². The van der Waals surface area contributed by atoms with Gasteiger partial charge in [-0.3, -0.25) is 0 Å². The molecule has 0 saturated heterocycles. The zero-order valence-electron chi connectivity index (χ0n) is 8.95. The Labute approximate surface area is 117 Å². The molecule has 0 unspecified atom stereocenters. The van der Waals surface area contributed by atoms with Crippen molar-refractivity contribution in [1.29, 1.82) is 0 Å². The molecule has 0 bridgehead atoms. The summed E-state index contributed by atoms with van der Waals surface area (Å²) in [6.07, 6.45) is 0. The molecule has 0 aliphatic carbocycles. The van der Waals surface area contributed by atoms with Crippen molar-refractivity contribution in [2.24, 2.45) is 0 Å². The van der Waals surface area contributed by atoms with Gasteiger partial charge in [0.2, 0.25) is 0 Å². The number of nitrogens with zero attached hydrogens (tertiary/aromatic N) is 1. The van der Waals surface area contributed by atoms with Crippen LogP contribution in [0.1, 0.15) is 0 Å². The molecule has 3 rings (SSSR count). The summed E-state index contributed by atoms with van der Waals surface area (Å²) in [5.41, 5.74) is 1.50. The van der Waals surface area contributed by atoms with Gasteiger partial charge in [0.1, 0.15) is 11.0 Å². The van der Waals surface area contributed by atoms with Gasteiger partial charge in [0, 0.05) is 21.4 Å². The van der Waals surface area contributed by atoms with Crippen molar-refractivity contribution in [2.75, 3.05) is 0 Å². The summed E-state index contributed by atoms with van der Waals surface area (Å²) in [6.45, 7) is 0. The van der Waals surface area contributed by atoms with Gasteiger partial charge in [-0.2, -0.15) is 0 Å². The molecule has 0 aliphatic heterocycles. The second-order valence-electron chi connectivity index (χ2n) is 3.76. The number of pyridine rings is 1. The third kappa shape index (κ3) is 1.99. The van der Waals surface area contributed by atoms with Crippen LogP contribution in [0.2, 0.25) is 10.2 Å². The number of halogens is 3. The molecule has 0 spiro atoms. The molecule has 5 heteroatoms. The predicted octanol–water partition coefficient (Wildman–Crippen LogP) is 5.41. The Balaban J connectivity index is 2.29. The van der Waals surface area contributed by atoms with Crippen LogP contribution >= 0.6 is 34.5 Å². The van der Waals surface area contributed by atoms with Crippen molar-refractivity contribution in [3.63, 3.8) is 0 Å². The molecule has 2 aromatic heterocycles. The van der Waals surface area contributed by atoms with E-state index in [9.17, 15) is 4.39 Å². The Kier molecular flexibility index (Phi) is 2.98. The zero-order chi connectivity index (χ0) is 12.7. The number of rotatable bonds is 1. The SMILES string of the molecule is Fc1cccc2c(-c3cc(Cl)cc(Cl)n3)csc12. The maximum absolute atomic E-state index is 13.6. The summed E-state index contributed by atoms with van der Waals surface area (Å²) in [5, 5.41) is 3.53. The minimum atomic E-state index is -0.225. The lowest BCUT2D eigenvalue weighted by molar-refractivity contribution is 0.642. The van der Waals surface area contributed by atoms with Crippen LogP contribution in [-0.2, 0) is 0 Å². The van der Waals surface area contributed by atoms with E-state index in [4.69, 9.17) is 23.2 Å². The van der Waals surface area contributed by atoms with E-state index in [2.05, 4.69) is 4.98 Å². The first-order chi connectivity index (χ1) is 8.65. The molecule has 3 aromatic rings. The fraction of sp³-hybridized carbons (Fsp3) is 0. The van der Waals surface area contributed by atoms with Crippen LogP contribution in [0, 0.1) is 5.82 Å². The van der Waals surface area contributed by atoms with E-state index in [0.29, 0.717) is 20.6 Å². The van der Waals surface area contributed by atoms with Crippen LogP contribution in [0.4, 0.5) is 4.39 Å². The summed E-state index contributed by atoms with van der Waals surface area (Å²) in [5.74, 6) is -0.225. The smallest absolute Gasteiger partial charge is 0.141 e. The summed E-state index contributed by atoms with van der Waals surface area (Å²) in [4.78, 5) is 4.22. The molecule has 0 amide bonds. The highest BCUT2D eigenvalue weighted by molar-refractivity contribution is 7.17. The van der Waals surface area contributed by atoms with E-state index in [0.717, 1.165) is 10.9 Å². The third-order valence-corrected chi connectivity index (χ3v) is 4.00. The van der Waals surface area contributed by atoms with Crippen molar-refractivity contribution in [3.8, 4) is 11.3 Å². The Morgan fingerprint density at radius 3 is 2.78 bits per heavy atom. The highest BCUT2D eigenvalue weighted by atomic mass is 35.5. The fourth-order valence-corrected chi connectivity index (χ4v) is 3.26. The van der Waals surface area contributed by atoms with Crippen LogP contribution in [0.3, 0.4) is 0 Å². The van der Waals surface area contributed by atoms with E-state index in [1.807, 2.05) is 11.4 Å². The number of benzene rings is 1. The van der Waals surface area contributed by atoms with Gasteiger partial charge < -0.3 is 0 Å². The first-order valence-corrected chi connectivity index (χ1v) is 6.78. The van der Waals surface area contributed by atoms with E-state index in [1.54, 1.807) is 18.2 Å². The number of hydrogen-bond acceptors (Lipinski definition) is 2. The monoisotopic (exact) mass is 297 g/mol. The van der Waals surface area contributed by atoms with Gasteiger partial charge in [0.25, 0.3) is 0 Å². The molecule has 90 valence electrons. The summed E-state index contributed by atoms with van der Waals surface area (Å²) < 4.78 is 14.2. The predicted molar refractivity (Wildman–Crippen MR) is 75.0 cm³/mol. The van der Waals surface area contributed by atoms with Gasteiger partial charge in [-0.1, -0.05) is 35.3 Å². The molecule has 0 radical (unpaired) electrons. The van der Waals surface area contributed by atoms with Crippen molar-refractivity contribution in [3.05, 3.63) is 51.7 Å².